The zero-order valence-electron chi connectivity index (χ0n) is 13.2. The molecule has 0 amide bonds. The summed E-state index contributed by atoms with van der Waals surface area (Å²) in [6, 6.07) is 3.75. The van der Waals surface area contributed by atoms with Crippen molar-refractivity contribution in [3.8, 4) is 0 Å². The molecule has 0 unspecified atom stereocenters. The fourth-order valence-electron chi connectivity index (χ4n) is 3.54. The van der Waals surface area contributed by atoms with Crippen molar-refractivity contribution in [2.24, 2.45) is 5.92 Å². The van der Waals surface area contributed by atoms with Gasteiger partial charge in [0.15, 0.2) is 0 Å². The summed E-state index contributed by atoms with van der Waals surface area (Å²) < 4.78 is 1.68. The van der Waals surface area contributed by atoms with Crippen molar-refractivity contribution in [2.75, 3.05) is 13.1 Å². The van der Waals surface area contributed by atoms with Crippen LogP contribution in [0.25, 0.3) is 0 Å². The highest BCUT2D eigenvalue weighted by atomic mass is 16.1. The largest absolute Gasteiger partial charge is 0.297 e. The first-order valence-corrected chi connectivity index (χ1v) is 8.35. The Morgan fingerprint density at radius 1 is 1.22 bits per heavy atom. The number of likely N-dealkylation sites (tertiary alicyclic amines) is 1. The number of aromatic nitrogens is 4. The zero-order valence-corrected chi connectivity index (χ0v) is 13.2. The van der Waals surface area contributed by atoms with Gasteiger partial charge in [0.2, 0.25) is 0 Å². The molecule has 1 aliphatic carbocycles. The summed E-state index contributed by atoms with van der Waals surface area (Å²) in [5, 5.41) is 4.61. The van der Waals surface area contributed by atoms with E-state index in [2.05, 4.69) is 20.0 Å². The van der Waals surface area contributed by atoms with Crippen LogP contribution < -0.4 is 5.56 Å². The summed E-state index contributed by atoms with van der Waals surface area (Å²) >= 11 is 0. The van der Waals surface area contributed by atoms with E-state index in [1.807, 2.05) is 6.07 Å². The maximum Gasteiger partial charge on any atom is 0.267 e. The van der Waals surface area contributed by atoms with Crippen LogP contribution in [0.1, 0.15) is 29.8 Å². The quantitative estimate of drug-likeness (QED) is 0.844. The summed E-state index contributed by atoms with van der Waals surface area (Å²) in [7, 11) is 0. The van der Waals surface area contributed by atoms with Gasteiger partial charge in [0.05, 0.1) is 17.9 Å². The van der Waals surface area contributed by atoms with Crippen molar-refractivity contribution in [1.82, 2.24) is 24.6 Å². The van der Waals surface area contributed by atoms with Gasteiger partial charge in [-0.15, -0.1) is 0 Å². The Balaban J connectivity index is 1.36. The molecule has 1 saturated heterocycles. The van der Waals surface area contributed by atoms with Gasteiger partial charge in [-0.25, -0.2) is 14.6 Å². The summed E-state index contributed by atoms with van der Waals surface area (Å²) in [5.41, 5.74) is 3.40. The fourth-order valence-corrected chi connectivity index (χ4v) is 3.54. The monoisotopic (exact) mass is 311 g/mol. The van der Waals surface area contributed by atoms with Gasteiger partial charge < -0.3 is 0 Å². The molecule has 2 aliphatic rings. The molecule has 6 heteroatoms. The van der Waals surface area contributed by atoms with Crippen molar-refractivity contribution in [2.45, 2.75) is 38.8 Å². The molecule has 4 rings (SSSR count). The molecular weight excluding hydrogens is 290 g/mol. The third-order valence-electron chi connectivity index (χ3n) is 4.77. The van der Waals surface area contributed by atoms with Gasteiger partial charge in [-0.1, -0.05) is 0 Å². The standard InChI is InChI=1S/C17H21N5O/c23-17-7-14-3-1-2-4-16(14)20-22(17)10-13-8-21(9-13)11-15-5-6-18-12-19-15/h5-7,12-13H,1-4,8-11H2. The minimum Gasteiger partial charge on any atom is -0.297 e. The van der Waals surface area contributed by atoms with Crippen LogP contribution in [0.3, 0.4) is 0 Å². The van der Waals surface area contributed by atoms with Gasteiger partial charge in [-0.2, -0.15) is 5.10 Å². The van der Waals surface area contributed by atoms with Crippen molar-refractivity contribution in [3.05, 3.63) is 52.0 Å². The van der Waals surface area contributed by atoms with Crippen LogP contribution in [0.15, 0.2) is 29.5 Å². The Morgan fingerprint density at radius 3 is 2.91 bits per heavy atom. The first kappa shape index (κ1) is 14.5. The van der Waals surface area contributed by atoms with Crippen molar-refractivity contribution in [1.29, 1.82) is 0 Å². The first-order valence-electron chi connectivity index (χ1n) is 8.35. The Bertz CT molecular complexity index is 736. The molecule has 0 atom stereocenters. The average molecular weight is 311 g/mol. The van der Waals surface area contributed by atoms with E-state index in [1.165, 1.54) is 12.8 Å². The summed E-state index contributed by atoms with van der Waals surface area (Å²) in [4.78, 5) is 22.7. The van der Waals surface area contributed by atoms with Crippen molar-refractivity contribution in [3.63, 3.8) is 0 Å². The second-order valence-electron chi connectivity index (χ2n) is 6.60. The summed E-state index contributed by atoms with van der Waals surface area (Å²) in [6.07, 6.45) is 7.75. The molecule has 2 aromatic rings. The molecule has 23 heavy (non-hydrogen) atoms. The highest BCUT2D eigenvalue weighted by Crippen LogP contribution is 2.20. The van der Waals surface area contributed by atoms with Crippen LogP contribution in [0.2, 0.25) is 0 Å². The molecule has 0 aromatic carbocycles. The molecule has 0 radical (unpaired) electrons. The van der Waals surface area contributed by atoms with Gasteiger partial charge in [-0.3, -0.25) is 9.69 Å². The number of nitrogens with zero attached hydrogens (tertiary/aromatic N) is 5. The molecule has 2 aromatic heterocycles. The van der Waals surface area contributed by atoms with E-state index >= 15 is 0 Å². The van der Waals surface area contributed by atoms with Crippen LogP contribution in [-0.4, -0.2) is 37.7 Å². The van der Waals surface area contributed by atoms with Crippen LogP contribution in [-0.2, 0) is 25.9 Å². The van der Waals surface area contributed by atoms with Crippen LogP contribution >= 0.6 is 0 Å². The van der Waals surface area contributed by atoms with Gasteiger partial charge in [-0.05, 0) is 37.3 Å². The Labute approximate surface area is 135 Å². The molecular formula is C17H21N5O. The molecule has 0 saturated carbocycles. The zero-order chi connectivity index (χ0) is 15.6. The van der Waals surface area contributed by atoms with E-state index in [4.69, 9.17) is 0 Å². The predicted molar refractivity (Wildman–Crippen MR) is 85.9 cm³/mol. The third-order valence-corrected chi connectivity index (χ3v) is 4.77. The fraction of sp³-hybridized carbons (Fsp3) is 0.529. The smallest absolute Gasteiger partial charge is 0.267 e. The second-order valence-corrected chi connectivity index (χ2v) is 6.60. The molecule has 6 nitrogen and oxygen atoms in total. The van der Waals surface area contributed by atoms with E-state index < -0.39 is 0 Å². The Kier molecular flexibility index (Phi) is 3.91. The van der Waals surface area contributed by atoms with Crippen LogP contribution in [0, 0.1) is 5.92 Å². The maximum atomic E-state index is 12.2. The second kappa shape index (κ2) is 6.20. The SMILES string of the molecule is O=c1cc2c(nn1CC1CN(Cc3ccncn3)C1)CCCC2. The Hall–Kier alpha value is -2.08. The molecule has 0 N–H and O–H groups in total. The van der Waals surface area contributed by atoms with Crippen LogP contribution in [0.5, 0.6) is 0 Å². The lowest BCUT2D eigenvalue weighted by molar-refractivity contribution is 0.0751. The number of aryl methyl sites for hydroxylation is 2. The van der Waals surface area contributed by atoms with Crippen molar-refractivity contribution < 1.29 is 0 Å². The number of fused-ring (bicyclic) bond motifs is 1. The van der Waals surface area contributed by atoms with Crippen LogP contribution in [0.4, 0.5) is 0 Å². The minimum absolute atomic E-state index is 0.0555. The lowest BCUT2D eigenvalue weighted by Crippen LogP contribution is -2.49. The van der Waals surface area contributed by atoms with E-state index in [9.17, 15) is 4.79 Å². The molecule has 0 spiro atoms. The molecule has 1 fully saturated rings. The molecule has 120 valence electrons. The van der Waals surface area contributed by atoms with Gasteiger partial charge in [0.25, 0.3) is 5.56 Å². The lowest BCUT2D eigenvalue weighted by Gasteiger charge is -2.39. The number of hydrogen-bond acceptors (Lipinski definition) is 5. The highest BCUT2D eigenvalue weighted by Gasteiger charge is 2.28. The lowest BCUT2D eigenvalue weighted by atomic mass is 9.96. The third kappa shape index (κ3) is 3.17. The van der Waals surface area contributed by atoms with E-state index in [1.54, 1.807) is 23.3 Å². The minimum atomic E-state index is 0.0555. The first-order chi connectivity index (χ1) is 11.3. The average Bonchev–Trinajstić information content (AvgIpc) is 2.54. The maximum absolute atomic E-state index is 12.2. The van der Waals surface area contributed by atoms with Gasteiger partial charge >= 0.3 is 0 Å². The molecule has 0 bridgehead atoms. The van der Waals surface area contributed by atoms with E-state index in [0.29, 0.717) is 5.92 Å². The van der Waals surface area contributed by atoms with Gasteiger partial charge in [0, 0.05) is 37.8 Å². The summed E-state index contributed by atoms with van der Waals surface area (Å²) in [6.45, 7) is 3.57. The van der Waals surface area contributed by atoms with E-state index in [-0.39, 0.29) is 5.56 Å². The van der Waals surface area contributed by atoms with Gasteiger partial charge in [0.1, 0.15) is 6.33 Å². The number of rotatable bonds is 4. The molecule has 3 heterocycles. The number of hydrogen-bond donors (Lipinski definition) is 0. The predicted octanol–water partition coefficient (Wildman–Crippen LogP) is 1.04. The summed E-state index contributed by atoms with van der Waals surface area (Å²) in [5.74, 6) is 0.503. The topological polar surface area (TPSA) is 63.9 Å². The van der Waals surface area contributed by atoms with Crippen molar-refractivity contribution >= 4 is 0 Å². The normalized spacial score (nSPS) is 18.4. The Morgan fingerprint density at radius 2 is 2.09 bits per heavy atom. The van der Waals surface area contributed by atoms with E-state index in [0.717, 1.165) is 56.0 Å². The molecule has 1 aliphatic heterocycles. The highest BCUT2D eigenvalue weighted by molar-refractivity contribution is 5.20.